The molecular formula is C17H27NO3. The molecule has 1 fully saturated rings. The van der Waals surface area contributed by atoms with E-state index in [4.69, 9.17) is 0 Å². The van der Waals surface area contributed by atoms with E-state index in [9.17, 15) is 14.7 Å². The topological polar surface area (TPSA) is 66.4 Å². The predicted molar refractivity (Wildman–Crippen MR) is 81.8 cm³/mol. The Kier molecular flexibility index (Phi) is 5.83. The number of carbonyl (C=O) groups excluding carboxylic acids is 1. The van der Waals surface area contributed by atoms with Gasteiger partial charge < -0.3 is 10.4 Å². The summed E-state index contributed by atoms with van der Waals surface area (Å²) in [6.45, 7) is 2.07. The minimum absolute atomic E-state index is 0.0801. The lowest BCUT2D eigenvalue weighted by Gasteiger charge is -2.29. The van der Waals surface area contributed by atoms with Crippen LogP contribution in [0.25, 0.3) is 0 Å². The van der Waals surface area contributed by atoms with Crippen LogP contribution in [-0.2, 0) is 9.59 Å². The van der Waals surface area contributed by atoms with Crippen molar-refractivity contribution >= 4 is 11.9 Å². The SMILES string of the molecule is C[C@@H](NC(=O)[C@@H]1CC=CC[C@@H]1C(=O)O)C1CCCCCC1. The number of hydrogen-bond donors (Lipinski definition) is 2. The molecule has 3 atom stereocenters. The minimum Gasteiger partial charge on any atom is -0.481 e. The van der Waals surface area contributed by atoms with Crippen molar-refractivity contribution in [1.82, 2.24) is 5.32 Å². The highest BCUT2D eigenvalue weighted by atomic mass is 16.4. The Labute approximate surface area is 127 Å². The van der Waals surface area contributed by atoms with Crippen LogP contribution >= 0.6 is 0 Å². The van der Waals surface area contributed by atoms with Crippen LogP contribution in [0.15, 0.2) is 12.2 Å². The molecule has 2 aliphatic rings. The number of allylic oxidation sites excluding steroid dienone is 2. The molecule has 2 rings (SSSR count). The molecular weight excluding hydrogens is 266 g/mol. The highest BCUT2D eigenvalue weighted by molar-refractivity contribution is 5.85. The first-order chi connectivity index (χ1) is 10.1. The molecule has 0 spiro atoms. The Morgan fingerprint density at radius 3 is 2.19 bits per heavy atom. The van der Waals surface area contributed by atoms with E-state index in [1.807, 2.05) is 12.2 Å². The fourth-order valence-electron chi connectivity index (χ4n) is 3.64. The van der Waals surface area contributed by atoms with Gasteiger partial charge >= 0.3 is 5.97 Å². The van der Waals surface area contributed by atoms with E-state index in [1.54, 1.807) is 0 Å². The van der Waals surface area contributed by atoms with Crippen LogP contribution in [-0.4, -0.2) is 23.0 Å². The summed E-state index contributed by atoms with van der Waals surface area (Å²) in [5, 5.41) is 12.4. The molecule has 21 heavy (non-hydrogen) atoms. The van der Waals surface area contributed by atoms with E-state index < -0.39 is 17.8 Å². The molecule has 0 bridgehead atoms. The van der Waals surface area contributed by atoms with Gasteiger partial charge in [0.05, 0.1) is 11.8 Å². The lowest BCUT2D eigenvalue weighted by Crippen LogP contribution is -2.45. The van der Waals surface area contributed by atoms with Gasteiger partial charge in [-0.1, -0.05) is 37.8 Å². The van der Waals surface area contributed by atoms with Crippen molar-refractivity contribution in [2.45, 2.75) is 64.3 Å². The maximum Gasteiger partial charge on any atom is 0.307 e. The number of rotatable bonds is 4. The Balaban J connectivity index is 1.92. The van der Waals surface area contributed by atoms with Gasteiger partial charge in [-0.25, -0.2) is 0 Å². The summed E-state index contributed by atoms with van der Waals surface area (Å²) < 4.78 is 0. The van der Waals surface area contributed by atoms with Crippen LogP contribution in [0.4, 0.5) is 0 Å². The summed E-state index contributed by atoms with van der Waals surface area (Å²) in [5.41, 5.74) is 0. The lowest BCUT2D eigenvalue weighted by atomic mass is 9.82. The molecule has 118 valence electrons. The second kappa shape index (κ2) is 7.62. The Hall–Kier alpha value is -1.32. The number of carboxylic acid groups (broad SMARTS) is 1. The average Bonchev–Trinajstić information content (AvgIpc) is 2.76. The summed E-state index contributed by atoms with van der Waals surface area (Å²) in [6.07, 6.45) is 12.2. The van der Waals surface area contributed by atoms with Gasteiger partial charge in [0.25, 0.3) is 0 Å². The molecule has 0 aromatic carbocycles. The van der Waals surface area contributed by atoms with Crippen LogP contribution < -0.4 is 5.32 Å². The lowest BCUT2D eigenvalue weighted by molar-refractivity contribution is -0.147. The van der Waals surface area contributed by atoms with Gasteiger partial charge in [0.1, 0.15) is 0 Å². The first-order valence-corrected chi connectivity index (χ1v) is 8.27. The number of nitrogens with one attached hydrogen (secondary N) is 1. The van der Waals surface area contributed by atoms with E-state index in [-0.39, 0.29) is 11.9 Å². The van der Waals surface area contributed by atoms with E-state index in [0.29, 0.717) is 18.8 Å². The third-order valence-corrected chi connectivity index (χ3v) is 5.06. The number of hydrogen-bond acceptors (Lipinski definition) is 2. The number of aliphatic carboxylic acids is 1. The monoisotopic (exact) mass is 293 g/mol. The molecule has 0 aromatic rings. The second-order valence-corrected chi connectivity index (χ2v) is 6.54. The number of amides is 1. The molecule has 0 unspecified atom stereocenters. The van der Waals surface area contributed by atoms with Crippen molar-refractivity contribution in [2.75, 3.05) is 0 Å². The van der Waals surface area contributed by atoms with Crippen LogP contribution in [0.1, 0.15) is 58.3 Å². The Morgan fingerprint density at radius 2 is 1.62 bits per heavy atom. The van der Waals surface area contributed by atoms with E-state index in [0.717, 1.165) is 0 Å². The zero-order valence-corrected chi connectivity index (χ0v) is 12.9. The molecule has 1 saturated carbocycles. The number of carboxylic acids is 1. The Morgan fingerprint density at radius 1 is 1.05 bits per heavy atom. The molecule has 0 aliphatic heterocycles. The predicted octanol–water partition coefficient (Wildman–Crippen LogP) is 3.13. The molecule has 2 N–H and O–H groups in total. The summed E-state index contributed by atoms with van der Waals surface area (Å²) in [6, 6.07) is 0.149. The fourth-order valence-corrected chi connectivity index (χ4v) is 3.64. The molecule has 0 saturated heterocycles. The first kappa shape index (κ1) is 16.1. The summed E-state index contributed by atoms with van der Waals surface area (Å²) in [4.78, 5) is 23.7. The Bertz CT molecular complexity index is 397. The van der Waals surface area contributed by atoms with Crippen molar-refractivity contribution < 1.29 is 14.7 Å². The zero-order valence-electron chi connectivity index (χ0n) is 12.9. The molecule has 4 heteroatoms. The molecule has 0 radical (unpaired) electrons. The van der Waals surface area contributed by atoms with Gasteiger partial charge in [-0.15, -0.1) is 0 Å². The molecule has 0 heterocycles. The van der Waals surface area contributed by atoms with Gasteiger partial charge in [-0.2, -0.15) is 0 Å². The standard InChI is InChI=1S/C17H27NO3/c1-12(13-8-4-2-3-5-9-13)18-16(19)14-10-6-7-11-15(14)17(20)21/h6-7,12-15H,2-5,8-11H2,1H3,(H,18,19)(H,20,21)/t12-,14-,15+/m1/s1. The fraction of sp³-hybridized carbons (Fsp3) is 0.765. The van der Waals surface area contributed by atoms with Crippen molar-refractivity contribution in [3.05, 3.63) is 12.2 Å². The van der Waals surface area contributed by atoms with Gasteiger partial charge in [0, 0.05) is 6.04 Å². The van der Waals surface area contributed by atoms with Gasteiger partial charge in [-0.05, 0) is 38.5 Å². The van der Waals surface area contributed by atoms with Crippen molar-refractivity contribution in [3.8, 4) is 0 Å². The van der Waals surface area contributed by atoms with Crippen LogP contribution in [0.5, 0.6) is 0 Å². The number of carbonyl (C=O) groups is 2. The van der Waals surface area contributed by atoms with Crippen molar-refractivity contribution in [1.29, 1.82) is 0 Å². The van der Waals surface area contributed by atoms with Gasteiger partial charge in [-0.3, -0.25) is 9.59 Å². The normalized spacial score (nSPS) is 28.6. The molecule has 2 aliphatic carbocycles. The smallest absolute Gasteiger partial charge is 0.307 e. The third-order valence-electron chi connectivity index (χ3n) is 5.06. The third kappa shape index (κ3) is 4.32. The quantitative estimate of drug-likeness (QED) is 0.618. The summed E-state index contributed by atoms with van der Waals surface area (Å²) >= 11 is 0. The van der Waals surface area contributed by atoms with Gasteiger partial charge in [0.15, 0.2) is 0 Å². The zero-order chi connectivity index (χ0) is 15.2. The van der Waals surface area contributed by atoms with Crippen LogP contribution in [0.3, 0.4) is 0 Å². The van der Waals surface area contributed by atoms with Crippen LogP contribution in [0, 0.1) is 17.8 Å². The first-order valence-electron chi connectivity index (χ1n) is 8.27. The molecule has 0 aromatic heterocycles. The highest BCUT2D eigenvalue weighted by Gasteiger charge is 2.35. The van der Waals surface area contributed by atoms with E-state index >= 15 is 0 Å². The summed E-state index contributed by atoms with van der Waals surface area (Å²) in [7, 11) is 0. The van der Waals surface area contributed by atoms with E-state index in [2.05, 4.69) is 12.2 Å². The molecule has 1 amide bonds. The average molecular weight is 293 g/mol. The summed E-state index contributed by atoms with van der Waals surface area (Å²) in [5.74, 6) is -1.39. The second-order valence-electron chi connectivity index (χ2n) is 6.54. The van der Waals surface area contributed by atoms with E-state index in [1.165, 1.54) is 38.5 Å². The minimum atomic E-state index is -0.860. The maximum atomic E-state index is 12.4. The molecule has 4 nitrogen and oxygen atoms in total. The van der Waals surface area contributed by atoms with Crippen LogP contribution in [0.2, 0.25) is 0 Å². The van der Waals surface area contributed by atoms with Crippen molar-refractivity contribution in [2.24, 2.45) is 17.8 Å². The highest BCUT2D eigenvalue weighted by Crippen LogP contribution is 2.28. The van der Waals surface area contributed by atoms with Gasteiger partial charge in [0.2, 0.25) is 5.91 Å². The largest absolute Gasteiger partial charge is 0.481 e. The van der Waals surface area contributed by atoms with Crippen molar-refractivity contribution in [3.63, 3.8) is 0 Å². The maximum absolute atomic E-state index is 12.4.